The van der Waals surface area contributed by atoms with Gasteiger partial charge in [0.15, 0.2) is 0 Å². The first kappa shape index (κ1) is 7.50. The monoisotopic (exact) mass is 183 g/mol. The van der Waals surface area contributed by atoms with Crippen LogP contribution in [0.1, 0.15) is 11.1 Å². The first-order valence-corrected chi connectivity index (χ1v) is 4.55. The number of hydrogen-bond acceptors (Lipinski definition) is 3. The zero-order chi connectivity index (χ0) is 9.38. The molecule has 3 nitrogen and oxygen atoms in total. The summed E-state index contributed by atoms with van der Waals surface area (Å²) < 4.78 is 0. The van der Waals surface area contributed by atoms with E-state index in [0.29, 0.717) is 6.67 Å². The fourth-order valence-corrected chi connectivity index (χ4v) is 1.63. The van der Waals surface area contributed by atoms with Crippen LogP contribution in [0, 0.1) is 0 Å². The number of fused-ring (bicyclic) bond motifs is 2. The summed E-state index contributed by atoms with van der Waals surface area (Å²) in [5, 5.41) is 6.23. The Hall–Kier alpha value is -1.90. The van der Waals surface area contributed by atoms with Crippen molar-refractivity contribution >= 4 is 18.5 Å². The van der Waals surface area contributed by atoms with Gasteiger partial charge in [0.2, 0.25) is 0 Å². The summed E-state index contributed by atoms with van der Waals surface area (Å²) in [6.45, 7) is 0.635. The highest BCUT2D eigenvalue weighted by atomic mass is 15.5. The van der Waals surface area contributed by atoms with E-state index in [1.54, 1.807) is 0 Å². The molecule has 0 fully saturated rings. The van der Waals surface area contributed by atoms with Gasteiger partial charge in [0, 0.05) is 11.8 Å². The van der Waals surface area contributed by atoms with Gasteiger partial charge in [0.1, 0.15) is 6.67 Å². The molecule has 1 aromatic carbocycles. The molecule has 1 aromatic rings. The molecule has 14 heavy (non-hydrogen) atoms. The van der Waals surface area contributed by atoms with E-state index in [4.69, 9.17) is 0 Å². The zero-order valence-corrected chi connectivity index (χ0v) is 7.59. The van der Waals surface area contributed by atoms with Gasteiger partial charge in [-0.15, -0.1) is 0 Å². The number of allylic oxidation sites excluding steroid dienone is 1. The van der Waals surface area contributed by atoms with Crippen LogP contribution in [0.15, 0.2) is 40.1 Å². The van der Waals surface area contributed by atoms with E-state index in [0.717, 1.165) is 11.3 Å². The van der Waals surface area contributed by atoms with Gasteiger partial charge >= 0.3 is 0 Å². The maximum atomic E-state index is 4.34. The normalized spacial score (nSPS) is 17.4. The molecular formula is C11H9N3. The maximum Gasteiger partial charge on any atom is 0.132 e. The van der Waals surface area contributed by atoms with Crippen LogP contribution in [0.5, 0.6) is 0 Å². The van der Waals surface area contributed by atoms with E-state index >= 15 is 0 Å². The molecule has 0 amide bonds. The molecule has 0 radical (unpaired) electrons. The van der Waals surface area contributed by atoms with Crippen molar-refractivity contribution in [1.82, 2.24) is 5.01 Å². The molecular weight excluding hydrogens is 174 g/mol. The van der Waals surface area contributed by atoms with Gasteiger partial charge < -0.3 is 0 Å². The molecule has 2 aliphatic heterocycles. The lowest BCUT2D eigenvalue weighted by molar-refractivity contribution is 0.422. The van der Waals surface area contributed by atoms with Gasteiger partial charge in [-0.05, 0) is 11.6 Å². The van der Waals surface area contributed by atoms with E-state index in [1.807, 2.05) is 29.6 Å². The summed E-state index contributed by atoms with van der Waals surface area (Å²) in [6, 6.07) is 8.21. The SMILES string of the molecule is C1=NCN2N=Cc3ccccc3C=C12. The lowest BCUT2D eigenvalue weighted by Gasteiger charge is -2.08. The number of rotatable bonds is 0. The fourth-order valence-electron chi connectivity index (χ4n) is 1.63. The Morgan fingerprint density at radius 3 is 2.86 bits per heavy atom. The molecule has 0 saturated heterocycles. The Kier molecular flexibility index (Phi) is 1.50. The first-order chi connectivity index (χ1) is 6.93. The summed E-state index contributed by atoms with van der Waals surface area (Å²) in [5.74, 6) is 0. The van der Waals surface area contributed by atoms with E-state index in [9.17, 15) is 0 Å². The van der Waals surface area contributed by atoms with E-state index in [-0.39, 0.29) is 0 Å². The van der Waals surface area contributed by atoms with Gasteiger partial charge in [-0.25, -0.2) is 5.01 Å². The molecule has 68 valence electrons. The van der Waals surface area contributed by atoms with Crippen LogP contribution in [0.4, 0.5) is 0 Å². The van der Waals surface area contributed by atoms with Gasteiger partial charge in [0.05, 0.1) is 11.9 Å². The molecule has 0 aromatic heterocycles. The molecule has 0 saturated carbocycles. The molecule has 0 spiro atoms. The Morgan fingerprint density at radius 2 is 1.93 bits per heavy atom. The molecule has 2 aliphatic rings. The smallest absolute Gasteiger partial charge is 0.132 e. The summed E-state index contributed by atoms with van der Waals surface area (Å²) in [4.78, 5) is 4.16. The van der Waals surface area contributed by atoms with Crippen molar-refractivity contribution < 1.29 is 0 Å². The largest absolute Gasteiger partial charge is 0.267 e. The van der Waals surface area contributed by atoms with Crippen molar-refractivity contribution in [3.05, 3.63) is 41.1 Å². The van der Waals surface area contributed by atoms with E-state index < -0.39 is 0 Å². The van der Waals surface area contributed by atoms with Crippen LogP contribution in [-0.2, 0) is 0 Å². The number of hydrazone groups is 1. The van der Waals surface area contributed by atoms with Crippen molar-refractivity contribution in [3.8, 4) is 0 Å². The third-order valence-electron chi connectivity index (χ3n) is 2.37. The second kappa shape index (κ2) is 2.80. The summed E-state index contributed by atoms with van der Waals surface area (Å²) in [6.07, 6.45) is 5.85. The van der Waals surface area contributed by atoms with E-state index in [2.05, 4.69) is 28.3 Å². The zero-order valence-electron chi connectivity index (χ0n) is 7.59. The van der Waals surface area contributed by atoms with Crippen LogP contribution in [0.3, 0.4) is 0 Å². The molecule has 0 atom stereocenters. The van der Waals surface area contributed by atoms with Gasteiger partial charge in [-0.2, -0.15) is 5.10 Å². The Balaban J connectivity index is 2.19. The second-order valence-corrected chi connectivity index (χ2v) is 3.30. The highest BCUT2D eigenvalue weighted by Crippen LogP contribution is 2.19. The topological polar surface area (TPSA) is 28.0 Å². The highest BCUT2D eigenvalue weighted by Gasteiger charge is 2.14. The molecule has 0 N–H and O–H groups in total. The summed E-state index contributed by atoms with van der Waals surface area (Å²) in [5.41, 5.74) is 3.41. The Bertz CT molecular complexity index is 457. The minimum atomic E-state index is 0.635. The number of nitrogens with zero attached hydrogens (tertiary/aromatic N) is 3. The maximum absolute atomic E-state index is 4.34. The molecule has 3 rings (SSSR count). The number of aliphatic imine (C=N–C) groups is 1. The Labute approximate surface area is 82.1 Å². The van der Waals surface area contributed by atoms with Crippen LogP contribution < -0.4 is 0 Å². The summed E-state index contributed by atoms with van der Waals surface area (Å²) >= 11 is 0. The minimum absolute atomic E-state index is 0.635. The molecule has 0 bridgehead atoms. The van der Waals surface area contributed by atoms with E-state index in [1.165, 1.54) is 5.56 Å². The lowest BCUT2D eigenvalue weighted by Crippen LogP contribution is -2.10. The first-order valence-electron chi connectivity index (χ1n) is 4.55. The average Bonchev–Trinajstić information content (AvgIpc) is 2.58. The predicted octanol–water partition coefficient (Wildman–Crippen LogP) is 1.72. The third-order valence-corrected chi connectivity index (χ3v) is 2.37. The van der Waals surface area contributed by atoms with Crippen molar-refractivity contribution in [2.45, 2.75) is 0 Å². The molecule has 3 heteroatoms. The molecule has 0 unspecified atom stereocenters. The van der Waals surface area contributed by atoms with Crippen molar-refractivity contribution in [2.24, 2.45) is 10.1 Å². The van der Waals surface area contributed by atoms with Gasteiger partial charge in [-0.3, -0.25) is 4.99 Å². The summed E-state index contributed by atoms with van der Waals surface area (Å²) in [7, 11) is 0. The Morgan fingerprint density at radius 1 is 1.07 bits per heavy atom. The molecule has 0 aliphatic carbocycles. The van der Waals surface area contributed by atoms with Crippen molar-refractivity contribution in [3.63, 3.8) is 0 Å². The van der Waals surface area contributed by atoms with Crippen LogP contribution >= 0.6 is 0 Å². The van der Waals surface area contributed by atoms with Crippen molar-refractivity contribution in [1.29, 1.82) is 0 Å². The second-order valence-electron chi connectivity index (χ2n) is 3.30. The average molecular weight is 183 g/mol. The third kappa shape index (κ3) is 1.06. The number of hydrogen-bond donors (Lipinski definition) is 0. The highest BCUT2D eigenvalue weighted by molar-refractivity contribution is 5.93. The van der Waals surface area contributed by atoms with Crippen LogP contribution in [-0.4, -0.2) is 24.1 Å². The lowest BCUT2D eigenvalue weighted by atomic mass is 10.1. The fraction of sp³-hybridized carbons (Fsp3) is 0.0909. The van der Waals surface area contributed by atoms with Crippen LogP contribution in [0.2, 0.25) is 0 Å². The van der Waals surface area contributed by atoms with Crippen molar-refractivity contribution in [2.75, 3.05) is 6.67 Å². The number of benzene rings is 1. The van der Waals surface area contributed by atoms with Gasteiger partial charge in [0.25, 0.3) is 0 Å². The standard InChI is InChI=1S/C11H9N3/c1-2-4-10-6-13-14-8-12-7-11(14)5-9(10)3-1/h1-7H,8H2. The van der Waals surface area contributed by atoms with Gasteiger partial charge in [-0.1, -0.05) is 24.3 Å². The molecule has 2 heterocycles. The van der Waals surface area contributed by atoms with Crippen LogP contribution in [0.25, 0.3) is 6.08 Å². The predicted molar refractivity (Wildman–Crippen MR) is 57.2 cm³/mol. The minimum Gasteiger partial charge on any atom is -0.267 e. The quantitative estimate of drug-likeness (QED) is 0.601.